The molecule has 0 aromatic carbocycles. The van der Waals surface area contributed by atoms with Gasteiger partial charge < -0.3 is 5.73 Å². The van der Waals surface area contributed by atoms with E-state index in [0.717, 1.165) is 5.00 Å². The fraction of sp³-hybridized carbons (Fsp3) is 0.200. The van der Waals surface area contributed by atoms with Crippen molar-refractivity contribution in [3.05, 3.63) is 28.6 Å². The van der Waals surface area contributed by atoms with Gasteiger partial charge in [-0.3, -0.25) is 0 Å². The van der Waals surface area contributed by atoms with E-state index >= 15 is 0 Å². The average molecular weight is 209 g/mol. The largest absolute Gasteiger partial charge is 0.390 e. The van der Waals surface area contributed by atoms with E-state index in [9.17, 15) is 0 Å². The molecule has 1 nitrogen and oxygen atoms in total. The number of thiophene rings is 2. The van der Waals surface area contributed by atoms with Gasteiger partial charge in [0.05, 0.1) is 5.00 Å². The van der Waals surface area contributed by atoms with Crippen LogP contribution in [-0.4, -0.2) is 0 Å². The van der Waals surface area contributed by atoms with Crippen LogP contribution in [0.4, 0.5) is 5.00 Å². The number of rotatable bonds is 1. The second-order valence-electron chi connectivity index (χ2n) is 3.07. The van der Waals surface area contributed by atoms with Crippen LogP contribution < -0.4 is 5.73 Å². The van der Waals surface area contributed by atoms with E-state index < -0.39 is 0 Å². The minimum absolute atomic E-state index is 0.932. The number of nitrogens with two attached hydrogens (primary N) is 1. The third-order valence-electron chi connectivity index (χ3n) is 1.94. The van der Waals surface area contributed by atoms with E-state index in [1.165, 1.54) is 20.2 Å². The van der Waals surface area contributed by atoms with Crippen molar-refractivity contribution < 1.29 is 0 Å². The molecule has 2 heterocycles. The zero-order chi connectivity index (χ0) is 9.42. The van der Waals surface area contributed by atoms with Crippen LogP contribution in [0.25, 0.3) is 9.75 Å². The Morgan fingerprint density at radius 1 is 1.08 bits per heavy atom. The second-order valence-corrected chi connectivity index (χ2v) is 5.44. The molecule has 0 bridgehead atoms. The SMILES string of the molecule is Cc1ccc(-c2cc(C)c(N)s2)s1. The molecular formula is C10H11NS2. The van der Waals surface area contributed by atoms with Crippen molar-refractivity contribution in [3.8, 4) is 9.75 Å². The molecule has 0 aliphatic carbocycles. The van der Waals surface area contributed by atoms with Gasteiger partial charge in [0.1, 0.15) is 0 Å². The van der Waals surface area contributed by atoms with Crippen LogP contribution in [0, 0.1) is 13.8 Å². The molecular weight excluding hydrogens is 198 g/mol. The molecule has 0 saturated carbocycles. The van der Waals surface area contributed by atoms with Crippen molar-refractivity contribution in [1.82, 2.24) is 0 Å². The molecule has 2 aromatic rings. The highest BCUT2D eigenvalue weighted by Gasteiger charge is 2.05. The molecule has 0 atom stereocenters. The number of aryl methyl sites for hydroxylation is 2. The Kier molecular flexibility index (Phi) is 2.14. The third kappa shape index (κ3) is 1.62. The summed E-state index contributed by atoms with van der Waals surface area (Å²) in [5.74, 6) is 0. The first kappa shape index (κ1) is 8.78. The zero-order valence-corrected chi connectivity index (χ0v) is 9.26. The first-order chi connectivity index (χ1) is 6.16. The highest BCUT2D eigenvalue weighted by molar-refractivity contribution is 7.24. The number of hydrogen-bond acceptors (Lipinski definition) is 3. The summed E-state index contributed by atoms with van der Waals surface area (Å²) in [6.45, 7) is 4.17. The van der Waals surface area contributed by atoms with Crippen molar-refractivity contribution in [2.45, 2.75) is 13.8 Å². The Morgan fingerprint density at radius 2 is 1.85 bits per heavy atom. The Morgan fingerprint density at radius 3 is 2.31 bits per heavy atom. The van der Waals surface area contributed by atoms with Crippen molar-refractivity contribution in [3.63, 3.8) is 0 Å². The zero-order valence-electron chi connectivity index (χ0n) is 7.63. The van der Waals surface area contributed by atoms with Crippen LogP contribution in [0.5, 0.6) is 0 Å². The summed E-state index contributed by atoms with van der Waals surface area (Å²) in [5, 5.41) is 0.932. The minimum Gasteiger partial charge on any atom is -0.390 e. The lowest BCUT2D eigenvalue weighted by molar-refractivity contribution is 1.55. The molecule has 0 saturated heterocycles. The van der Waals surface area contributed by atoms with Gasteiger partial charge in [-0.2, -0.15) is 0 Å². The predicted molar refractivity (Wildman–Crippen MR) is 61.5 cm³/mol. The fourth-order valence-electron chi connectivity index (χ4n) is 1.18. The molecule has 68 valence electrons. The molecule has 2 rings (SSSR count). The first-order valence-corrected chi connectivity index (χ1v) is 5.73. The number of nitrogen functional groups attached to an aromatic ring is 1. The van der Waals surface area contributed by atoms with E-state index in [-0.39, 0.29) is 0 Å². The maximum Gasteiger partial charge on any atom is 0.0892 e. The second kappa shape index (κ2) is 3.16. The van der Waals surface area contributed by atoms with E-state index in [1.54, 1.807) is 11.3 Å². The smallest absolute Gasteiger partial charge is 0.0892 e. The molecule has 0 aliphatic heterocycles. The van der Waals surface area contributed by atoms with E-state index in [2.05, 4.69) is 32.0 Å². The lowest BCUT2D eigenvalue weighted by Crippen LogP contribution is -1.78. The topological polar surface area (TPSA) is 26.0 Å². The van der Waals surface area contributed by atoms with E-state index in [0.29, 0.717) is 0 Å². The summed E-state index contributed by atoms with van der Waals surface area (Å²) < 4.78 is 0. The maximum atomic E-state index is 5.81. The van der Waals surface area contributed by atoms with Crippen LogP contribution >= 0.6 is 22.7 Å². The quantitative estimate of drug-likeness (QED) is 0.762. The van der Waals surface area contributed by atoms with Gasteiger partial charge >= 0.3 is 0 Å². The van der Waals surface area contributed by atoms with Gasteiger partial charge in [0, 0.05) is 14.6 Å². The van der Waals surface area contributed by atoms with Crippen molar-refractivity contribution in [1.29, 1.82) is 0 Å². The molecule has 0 radical (unpaired) electrons. The van der Waals surface area contributed by atoms with Gasteiger partial charge in [0.25, 0.3) is 0 Å². The van der Waals surface area contributed by atoms with Crippen molar-refractivity contribution in [2.75, 3.05) is 5.73 Å². The van der Waals surface area contributed by atoms with Gasteiger partial charge in [-0.25, -0.2) is 0 Å². The molecule has 0 aliphatic rings. The van der Waals surface area contributed by atoms with Crippen LogP contribution in [0.3, 0.4) is 0 Å². The van der Waals surface area contributed by atoms with Gasteiger partial charge in [0.15, 0.2) is 0 Å². The van der Waals surface area contributed by atoms with Crippen molar-refractivity contribution in [2.24, 2.45) is 0 Å². The fourth-order valence-corrected chi connectivity index (χ4v) is 3.07. The summed E-state index contributed by atoms with van der Waals surface area (Å²) in [4.78, 5) is 3.95. The number of hydrogen-bond donors (Lipinski definition) is 1. The lowest BCUT2D eigenvalue weighted by Gasteiger charge is -1.86. The summed E-state index contributed by atoms with van der Waals surface area (Å²) in [7, 11) is 0. The molecule has 2 N–H and O–H groups in total. The summed E-state index contributed by atoms with van der Waals surface area (Å²) in [6, 6.07) is 6.46. The molecule has 0 unspecified atom stereocenters. The third-order valence-corrected chi connectivity index (χ3v) is 4.20. The maximum absolute atomic E-state index is 5.81. The highest BCUT2D eigenvalue weighted by Crippen LogP contribution is 2.36. The van der Waals surface area contributed by atoms with E-state index in [1.807, 2.05) is 11.3 Å². The van der Waals surface area contributed by atoms with Crippen LogP contribution in [0.15, 0.2) is 18.2 Å². The summed E-state index contributed by atoms with van der Waals surface area (Å²) in [6.07, 6.45) is 0. The van der Waals surface area contributed by atoms with Gasteiger partial charge in [-0.05, 0) is 37.6 Å². The monoisotopic (exact) mass is 209 g/mol. The molecule has 0 amide bonds. The Balaban J connectivity index is 2.46. The van der Waals surface area contributed by atoms with Gasteiger partial charge in [0.2, 0.25) is 0 Å². The minimum atomic E-state index is 0.932. The predicted octanol–water partition coefficient (Wildman–Crippen LogP) is 3.68. The van der Waals surface area contributed by atoms with E-state index in [4.69, 9.17) is 5.73 Å². The normalized spacial score (nSPS) is 10.6. The van der Waals surface area contributed by atoms with Crippen LogP contribution in [0.2, 0.25) is 0 Å². The summed E-state index contributed by atoms with van der Waals surface area (Å²) >= 11 is 3.49. The molecule has 13 heavy (non-hydrogen) atoms. The van der Waals surface area contributed by atoms with Gasteiger partial charge in [-0.1, -0.05) is 0 Å². The Labute approximate surface area is 85.8 Å². The van der Waals surface area contributed by atoms with Crippen LogP contribution in [0.1, 0.15) is 10.4 Å². The van der Waals surface area contributed by atoms with Crippen LogP contribution in [-0.2, 0) is 0 Å². The number of anilines is 1. The molecule has 0 spiro atoms. The molecule has 2 aromatic heterocycles. The first-order valence-electron chi connectivity index (χ1n) is 4.09. The van der Waals surface area contributed by atoms with Gasteiger partial charge in [-0.15, -0.1) is 22.7 Å². The molecule has 0 fully saturated rings. The Hall–Kier alpha value is -0.800. The average Bonchev–Trinajstić information content (AvgIpc) is 2.61. The Bertz CT molecular complexity index is 406. The standard InChI is InChI=1S/C10H11NS2/c1-6-5-9(13-10(6)11)8-4-3-7(2)12-8/h3-5H,11H2,1-2H3. The molecule has 3 heteroatoms. The lowest BCUT2D eigenvalue weighted by atomic mass is 10.3. The van der Waals surface area contributed by atoms with Crippen molar-refractivity contribution >= 4 is 27.7 Å². The summed E-state index contributed by atoms with van der Waals surface area (Å²) in [5.41, 5.74) is 6.99. The highest BCUT2D eigenvalue weighted by atomic mass is 32.1.